The van der Waals surface area contributed by atoms with Crippen molar-refractivity contribution in [2.45, 2.75) is 13.0 Å². The molecule has 1 aromatic heterocycles. The lowest BCUT2D eigenvalue weighted by atomic mass is 10.2. The van der Waals surface area contributed by atoms with Crippen molar-refractivity contribution in [1.82, 2.24) is 9.88 Å². The van der Waals surface area contributed by atoms with Crippen molar-refractivity contribution in [3.05, 3.63) is 23.9 Å². The van der Waals surface area contributed by atoms with Gasteiger partial charge in [-0.05, 0) is 19.1 Å². The third kappa shape index (κ3) is 3.90. The van der Waals surface area contributed by atoms with E-state index in [9.17, 15) is 4.79 Å². The van der Waals surface area contributed by atoms with Crippen LogP contribution in [0.4, 0.5) is 5.82 Å². The molecule has 104 valence electrons. The summed E-state index contributed by atoms with van der Waals surface area (Å²) in [6.45, 7) is 6.40. The molecule has 1 saturated heterocycles. The Labute approximate surface area is 112 Å². The number of rotatable bonds is 5. The van der Waals surface area contributed by atoms with Gasteiger partial charge in [-0.2, -0.15) is 0 Å². The van der Waals surface area contributed by atoms with Crippen LogP contribution in [0.25, 0.3) is 0 Å². The van der Waals surface area contributed by atoms with Crippen LogP contribution < -0.4 is 11.1 Å². The first-order valence-corrected chi connectivity index (χ1v) is 6.48. The van der Waals surface area contributed by atoms with Gasteiger partial charge in [-0.25, -0.2) is 4.98 Å². The molecule has 1 aliphatic rings. The van der Waals surface area contributed by atoms with Gasteiger partial charge < -0.3 is 15.8 Å². The van der Waals surface area contributed by atoms with E-state index >= 15 is 0 Å². The number of anilines is 1. The fourth-order valence-electron chi connectivity index (χ4n) is 2.17. The van der Waals surface area contributed by atoms with Crippen molar-refractivity contribution >= 4 is 11.7 Å². The second-order valence-corrected chi connectivity index (χ2v) is 4.72. The first-order valence-electron chi connectivity index (χ1n) is 6.48. The minimum atomic E-state index is -0.464. The molecular weight excluding hydrogens is 244 g/mol. The number of pyridine rings is 1. The molecule has 1 atom stereocenters. The number of carbonyl (C=O) groups excluding carboxylic acids is 1. The summed E-state index contributed by atoms with van der Waals surface area (Å²) in [7, 11) is 0. The highest BCUT2D eigenvalue weighted by Gasteiger charge is 2.16. The van der Waals surface area contributed by atoms with Crippen LogP contribution in [0.3, 0.4) is 0 Å². The Morgan fingerprint density at radius 3 is 3.00 bits per heavy atom. The predicted octanol–water partition coefficient (Wildman–Crippen LogP) is 0.313. The molecule has 0 radical (unpaired) electrons. The zero-order valence-corrected chi connectivity index (χ0v) is 11.1. The SMILES string of the molecule is CC(CN1CCOCC1)Nc1ncccc1C(N)=O. The molecule has 19 heavy (non-hydrogen) atoms. The lowest BCUT2D eigenvalue weighted by Crippen LogP contribution is -2.42. The minimum absolute atomic E-state index is 0.186. The van der Waals surface area contributed by atoms with Crippen LogP contribution in [0.5, 0.6) is 0 Å². The second-order valence-electron chi connectivity index (χ2n) is 4.72. The molecule has 6 nitrogen and oxygen atoms in total. The Morgan fingerprint density at radius 1 is 1.58 bits per heavy atom. The maximum Gasteiger partial charge on any atom is 0.252 e. The summed E-state index contributed by atoms with van der Waals surface area (Å²) in [5.74, 6) is 0.0879. The van der Waals surface area contributed by atoms with Crippen LogP contribution in [-0.2, 0) is 4.74 Å². The molecule has 2 heterocycles. The van der Waals surface area contributed by atoms with Crippen LogP contribution in [0.1, 0.15) is 17.3 Å². The van der Waals surface area contributed by atoms with E-state index in [2.05, 4.69) is 22.1 Å². The van der Waals surface area contributed by atoms with Crippen molar-refractivity contribution in [3.63, 3.8) is 0 Å². The quantitative estimate of drug-likeness (QED) is 0.800. The lowest BCUT2D eigenvalue weighted by molar-refractivity contribution is 0.0368. The van der Waals surface area contributed by atoms with Crippen LogP contribution in [0.2, 0.25) is 0 Å². The van der Waals surface area contributed by atoms with Gasteiger partial charge >= 0.3 is 0 Å². The fraction of sp³-hybridized carbons (Fsp3) is 0.538. The zero-order valence-electron chi connectivity index (χ0n) is 11.1. The highest BCUT2D eigenvalue weighted by Crippen LogP contribution is 2.12. The summed E-state index contributed by atoms with van der Waals surface area (Å²) in [6, 6.07) is 3.57. The van der Waals surface area contributed by atoms with Gasteiger partial charge in [-0.15, -0.1) is 0 Å². The number of hydrogen-bond acceptors (Lipinski definition) is 5. The molecule has 0 bridgehead atoms. The summed E-state index contributed by atoms with van der Waals surface area (Å²) >= 11 is 0. The number of ether oxygens (including phenoxy) is 1. The Bertz CT molecular complexity index is 432. The summed E-state index contributed by atoms with van der Waals surface area (Å²) in [4.78, 5) is 17.8. The number of primary amides is 1. The summed E-state index contributed by atoms with van der Waals surface area (Å²) in [5, 5.41) is 3.24. The molecule has 0 spiro atoms. The highest BCUT2D eigenvalue weighted by molar-refractivity contribution is 5.97. The van der Waals surface area contributed by atoms with Gasteiger partial charge in [0.05, 0.1) is 18.8 Å². The molecular formula is C13H20N4O2. The van der Waals surface area contributed by atoms with E-state index in [1.54, 1.807) is 18.3 Å². The van der Waals surface area contributed by atoms with Crippen molar-refractivity contribution in [3.8, 4) is 0 Å². The van der Waals surface area contributed by atoms with Gasteiger partial charge in [-0.3, -0.25) is 9.69 Å². The largest absolute Gasteiger partial charge is 0.379 e. The number of morpholine rings is 1. The van der Waals surface area contributed by atoms with Crippen LogP contribution >= 0.6 is 0 Å². The Hall–Kier alpha value is -1.66. The minimum Gasteiger partial charge on any atom is -0.379 e. The van der Waals surface area contributed by atoms with Crippen LogP contribution in [-0.4, -0.2) is 54.7 Å². The molecule has 1 unspecified atom stereocenters. The zero-order chi connectivity index (χ0) is 13.7. The average molecular weight is 264 g/mol. The van der Waals surface area contributed by atoms with Gasteiger partial charge in [0.25, 0.3) is 5.91 Å². The normalized spacial score (nSPS) is 17.9. The van der Waals surface area contributed by atoms with E-state index in [-0.39, 0.29) is 6.04 Å². The molecule has 6 heteroatoms. The molecule has 1 aliphatic heterocycles. The number of carbonyl (C=O) groups is 1. The molecule has 0 saturated carbocycles. The predicted molar refractivity (Wildman–Crippen MR) is 73.1 cm³/mol. The van der Waals surface area contributed by atoms with Crippen molar-refractivity contribution in [2.75, 3.05) is 38.2 Å². The Kier molecular flexibility index (Phi) is 4.70. The van der Waals surface area contributed by atoms with E-state index in [0.29, 0.717) is 11.4 Å². The fourth-order valence-corrected chi connectivity index (χ4v) is 2.17. The highest BCUT2D eigenvalue weighted by atomic mass is 16.5. The maximum atomic E-state index is 11.3. The summed E-state index contributed by atoms with van der Waals surface area (Å²) < 4.78 is 5.31. The number of nitrogens with zero attached hydrogens (tertiary/aromatic N) is 2. The molecule has 1 fully saturated rings. The summed E-state index contributed by atoms with van der Waals surface area (Å²) in [5.41, 5.74) is 5.76. The second kappa shape index (κ2) is 6.49. The van der Waals surface area contributed by atoms with Crippen molar-refractivity contribution < 1.29 is 9.53 Å². The van der Waals surface area contributed by atoms with E-state index < -0.39 is 5.91 Å². The third-order valence-electron chi connectivity index (χ3n) is 3.09. The van der Waals surface area contributed by atoms with Gasteiger partial charge in [0, 0.05) is 31.9 Å². The molecule has 0 aromatic carbocycles. The van der Waals surface area contributed by atoms with Crippen LogP contribution in [0, 0.1) is 0 Å². The number of nitrogens with two attached hydrogens (primary N) is 1. The molecule has 1 aromatic rings. The standard InChI is InChI=1S/C13H20N4O2/c1-10(9-17-5-7-19-8-6-17)16-13-11(12(14)18)3-2-4-15-13/h2-4,10H,5-9H2,1H3,(H2,14,18)(H,15,16). The number of nitrogens with one attached hydrogen (secondary N) is 1. The third-order valence-corrected chi connectivity index (χ3v) is 3.09. The summed E-state index contributed by atoms with van der Waals surface area (Å²) in [6.07, 6.45) is 1.65. The monoisotopic (exact) mass is 264 g/mol. The molecule has 2 rings (SSSR count). The first-order chi connectivity index (χ1) is 9.16. The Balaban J connectivity index is 1.94. The average Bonchev–Trinajstić information content (AvgIpc) is 2.40. The number of hydrogen-bond donors (Lipinski definition) is 2. The van der Waals surface area contributed by atoms with Gasteiger partial charge in [0.1, 0.15) is 5.82 Å². The van der Waals surface area contributed by atoms with E-state index in [4.69, 9.17) is 10.5 Å². The van der Waals surface area contributed by atoms with Crippen molar-refractivity contribution in [1.29, 1.82) is 0 Å². The van der Waals surface area contributed by atoms with Gasteiger partial charge in [0.2, 0.25) is 0 Å². The number of amides is 1. The van der Waals surface area contributed by atoms with Gasteiger partial charge in [-0.1, -0.05) is 0 Å². The lowest BCUT2D eigenvalue weighted by Gasteiger charge is -2.29. The van der Waals surface area contributed by atoms with Crippen molar-refractivity contribution in [2.24, 2.45) is 5.73 Å². The van der Waals surface area contributed by atoms with E-state index in [1.165, 1.54) is 0 Å². The number of aromatic nitrogens is 1. The van der Waals surface area contributed by atoms with E-state index in [1.807, 2.05) is 0 Å². The molecule has 3 N–H and O–H groups in total. The van der Waals surface area contributed by atoms with E-state index in [0.717, 1.165) is 32.8 Å². The molecule has 0 aliphatic carbocycles. The van der Waals surface area contributed by atoms with Gasteiger partial charge in [0.15, 0.2) is 0 Å². The first kappa shape index (κ1) is 13.8. The molecule has 1 amide bonds. The smallest absolute Gasteiger partial charge is 0.252 e. The van der Waals surface area contributed by atoms with Crippen LogP contribution in [0.15, 0.2) is 18.3 Å². The topological polar surface area (TPSA) is 80.5 Å². The maximum absolute atomic E-state index is 11.3. The Morgan fingerprint density at radius 2 is 2.32 bits per heavy atom.